The second-order valence-corrected chi connectivity index (χ2v) is 3.25. The molecule has 1 heterocycles. The Bertz CT molecular complexity index is 157. The topological polar surface area (TPSA) is 29.3 Å². The van der Waals surface area contributed by atoms with Crippen LogP contribution in [0.15, 0.2) is 0 Å². The van der Waals surface area contributed by atoms with E-state index in [1.54, 1.807) is 0 Å². The molecule has 0 unspecified atom stereocenters. The maximum absolute atomic E-state index is 12.4. The van der Waals surface area contributed by atoms with E-state index >= 15 is 0 Å². The number of rotatable bonds is 1. The summed E-state index contributed by atoms with van der Waals surface area (Å²) in [6, 6.07) is -1.33. The largest absolute Gasteiger partial charge is 0.404 e. The van der Waals surface area contributed by atoms with E-state index in [1.165, 1.54) is 11.9 Å². The summed E-state index contributed by atoms with van der Waals surface area (Å²) in [5.74, 6) is -0.421. The van der Waals surface area contributed by atoms with Crippen molar-refractivity contribution in [3.8, 4) is 0 Å². The van der Waals surface area contributed by atoms with Crippen LogP contribution in [0.5, 0.6) is 0 Å². The number of halogens is 3. The number of hydrogen-bond acceptors (Lipinski definition) is 2. The Morgan fingerprint density at radius 1 is 1.50 bits per heavy atom. The molecule has 1 fully saturated rings. The summed E-state index contributed by atoms with van der Waals surface area (Å²) in [5.41, 5.74) is 5.26. The fraction of sp³-hybridized carbons (Fsp3) is 1.00. The molecule has 1 aliphatic rings. The molecule has 0 spiro atoms. The maximum Gasteiger partial charge on any atom is 0.404 e. The molecular weight excluding hydrogens is 169 g/mol. The van der Waals surface area contributed by atoms with Crippen LogP contribution in [0.25, 0.3) is 0 Å². The standard InChI is InChI=1S/C7H13F3N2/c1-12-3-2-5(4-11)6(12)7(8,9)10/h5-6H,2-4,11H2,1H3/t5-,6+/m1/s1. The van der Waals surface area contributed by atoms with Gasteiger partial charge in [0.2, 0.25) is 0 Å². The van der Waals surface area contributed by atoms with Crippen LogP contribution in [-0.2, 0) is 0 Å². The molecular formula is C7H13F3N2. The Labute approximate surface area is 69.5 Å². The molecule has 0 aromatic carbocycles. The summed E-state index contributed by atoms with van der Waals surface area (Å²) < 4.78 is 37.1. The van der Waals surface area contributed by atoms with Crippen molar-refractivity contribution in [2.45, 2.75) is 18.6 Å². The van der Waals surface area contributed by atoms with Gasteiger partial charge in [0.25, 0.3) is 0 Å². The first-order chi connectivity index (χ1) is 5.46. The molecule has 2 N–H and O–H groups in total. The Morgan fingerprint density at radius 2 is 2.08 bits per heavy atom. The van der Waals surface area contributed by atoms with Crippen LogP contribution in [0.1, 0.15) is 6.42 Å². The third-order valence-electron chi connectivity index (χ3n) is 2.41. The first kappa shape index (κ1) is 9.80. The lowest BCUT2D eigenvalue weighted by atomic mass is 10.0. The second kappa shape index (κ2) is 3.22. The molecule has 1 saturated heterocycles. The van der Waals surface area contributed by atoms with Gasteiger partial charge in [-0.05, 0) is 32.5 Å². The Balaban J connectivity index is 2.70. The normalized spacial score (nSPS) is 32.8. The van der Waals surface area contributed by atoms with Gasteiger partial charge in [-0.15, -0.1) is 0 Å². The quantitative estimate of drug-likeness (QED) is 0.650. The van der Waals surface area contributed by atoms with Crippen molar-refractivity contribution < 1.29 is 13.2 Å². The van der Waals surface area contributed by atoms with Gasteiger partial charge in [0.1, 0.15) is 6.04 Å². The monoisotopic (exact) mass is 182 g/mol. The van der Waals surface area contributed by atoms with E-state index in [1.807, 2.05) is 0 Å². The Kier molecular flexibility index (Phi) is 2.63. The van der Waals surface area contributed by atoms with E-state index in [9.17, 15) is 13.2 Å². The summed E-state index contributed by atoms with van der Waals surface area (Å²) in [7, 11) is 1.49. The van der Waals surface area contributed by atoms with Crippen LogP contribution in [-0.4, -0.2) is 37.3 Å². The number of nitrogens with two attached hydrogens (primary N) is 1. The molecule has 0 saturated carbocycles. The molecule has 0 bridgehead atoms. The fourth-order valence-electron chi connectivity index (χ4n) is 1.79. The van der Waals surface area contributed by atoms with E-state index in [0.29, 0.717) is 13.0 Å². The minimum Gasteiger partial charge on any atom is -0.330 e. The molecule has 1 rings (SSSR count). The minimum absolute atomic E-state index is 0.120. The first-order valence-corrected chi connectivity index (χ1v) is 3.94. The summed E-state index contributed by atoms with van der Waals surface area (Å²) in [5, 5.41) is 0. The predicted molar refractivity (Wildman–Crippen MR) is 39.6 cm³/mol. The molecule has 0 radical (unpaired) electrons. The van der Waals surface area contributed by atoms with E-state index in [0.717, 1.165) is 0 Å². The summed E-state index contributed by atoms with van der Waals surface area (Å²) >= 11 is 0. The van der Waals surface area contributed by atoms with Crippen LogP contribution in [0, 0.1) is 5.92 Å². The molecule has 1 aliphatic heterocycles. The Hall–Kier alpha value is -0.290. The lowest BCUT2D eigenvalue weighted by Crippen LogP contribution is -2.44. The summed E-state index contributed by atoms with van der Waals surface area (Å²) in [4.78, 5) is 1.33. The van der Waals surface area contributed by atoms with Gasteiger partial charge in [-0.3, -0.25) is 4.90 Å². The van der Waals surface area contributed by atoms with Crippen molar-refractivity contribution >= 4 is 0 Å². The second-order valence-electron chi connectivity index (χ2n) is 3.25. The van der Waals surface area contributed by atoms with Gasteiger partial charge >= 0.3 is 6.18 Å². The van der Waals surface area contributed by atoms with Crippen molar-refractivity contribution in [1.29, 1.82) is 0 Å². The molecule has 0 aliphatic carbocycles. The first-order valence-electron chi connectivity index (χ1n) is 3.94. The average molecular weight is 182 g/mol. The van der Waals surface area contributed by atoms with Crippen LogP contribution in [0.2, 0.25) is 0 Å². The van der Waals surface area contributed by atoms with Crippen molar-refractivity contribution in [3.05, 3.63) is 0 Å². The molecule has 0 aromatic heterocycles. The zero-order chi connectivity index (χ0) is 9.35. The number of nitrogens with zero attached hydrogens (tertiary/aromatic N) is 1. The van der Waals surface area contributed by atoms with E-state index < -0.39 is 18.1 Å². The predicted octanol–water partition coefficient (Wildman–Crippen LogP) is 0.828. The van der Waals surface area contributed by atoms with E-state index in [4.69, 9.17) is 5.73 Å². The SMILES string of the molecule is CN1CC[C@H](CN)[C@H]1C(F)(F)F. The molecule has 2 nitrogen and oxygen atoms in total. The highest BCUT2D eigenvalue weighted by molar-refractivity contribution is 4.90. The van der Waals surface area contributed by atoms with E-state index in [2.05, 4.69) is 0 Å². The van der Waals surface area contributed by atoms with Crippen molar-refractivity contribution in [2.75, 3.05) is 20.1 Å². The summed E-state index contributed by atoms with van der Waals surface area (Å²) in [6.45, 7) is 0.612. The minimum atomic E-state index is -4.13. The van der Waals surface area contributed by atoms with Crippen molar-refractivity contribution in [2.24, 2.45) is 11.7 Å². The molecule has 0 amide bonds. The highest BCUT2D eigenvalue weighted by Gasteiger charge is 2.49. The number of alkyl halides is 3. The fourth-order valence-corrected chi connectivity index (χ4v) is 1.79. The van der Waals surface area contributed by atoms with Gasteiger partial charge in [-0.2, -0.15) is 13.2 Å². The molecule has 12 heavy (non-hydrogen) atoms. The molecule has 2 atom stereocenters. The van der Waals surface area contributed by atoms with Gasteiger partial charge < -0.3 is 5.73 Å². The lowest BCUT2D eigenvalue weighted by molar-refractivity contribution is -0.181. The molecule has 5 heteroatoms. The molecule has 0 aromatic rings. The third kappa shape index (κ3) is 1.72. The van der Waals surface area contributed by atoms with Crippen LogP contribution < -0.4 is 5.73 Å². The van der Waals surface area contributed by atoms with Crippen LogP contribution >= 0.6 is 0 Å². The smallest absolute Gasteiger partial charge is 0.330 e. The average Bonchev–Trinajstić information content (AvgIpc) is 2.29. The van der Waals surface area contributed by atoms with Gasteiger partial charge in [-0.1, -0.05) is 0 Å². The zero-order valence-electron chi connectivity index (χ0n) is 6.93. The van der Waals surface area contributed by atoms with Crippen molar-refractivity contribution in [1.82, 2.24) is 4.90 Å². The van der Waals surface area contributed by atoms with Gasteiger partial charge in [0.15, 0.2) is 0 Å². The maximum atomic E-state index is 12.4. The summed E-state index contributed by atoms with van der Waals surface area (Å²) in [6.07, 6.45) is -3.58. The number of likely N-dealkylation sites (tertiary alicyclic amines) is 1. The highest BCUT2D eigenvalue weighted by Crippen LogP contribution is 2.34. The van der Waals surface area contributed by atoms with Gasteiger partial charge in [0, 0.05) is 0 Å². The zero-order valence-corrected chi connectivity index (χ0v) is 6.93. The van der Waals surface area contributed by atoms with E-state index in [-0.39, 0.29) is 6.54 Å². The number of hydrogen-bond donors (Lipinski definition) is 1. The highest BCUT2D eigenvalue weighted by atomic mass is 19.4. The van der Waals surface area contributed by atoms with Crippen molar-refractivity contribution in [3.63, 3.8) is 0 Å². The van der Waals surface area contributed by atoms with Gasteiger partial charge in [-0.25, -0.2) is 0 Å². The third-order valence-corrected chi connectivity index (χ3v) is 2.41. The molecule has 72 valence electrons. The van der Waals surface area contributed by atoms with Gasteiger partial charge in [0.05, 0.1) is 0 Å². The Morgan fingerprint density at radius 3 is 2.42 bits per heavy atom. The lowest BCUT2D eigenvalue weighted by Gasteiger charge is -2.26. The van der Waals surface area contributed by atoms with Crippen LogP contribution in [0.3, 0.4) is 0 Å². The van der Waals surface area contributed by atoms with Crippen LogP contribution in [0.4, 0.5) is 13.2 Å².